The normalized spacial score (nSPS) is 11.0. The molecule has 0 aliphatic heterocycles. The van der Waals surface area contributed by atoms with Crippen molar-refractivity contribution < 1.29 is 19.1 Å². The highest BCUT2D eigenvalue weighted by Crippen LogP contribution is 2.22. The summed E-state index contributed by atoms with van der Waals surface area (Å²) in [6.07, 6.45) is 2.86. The number of hydrogen-bond donors (Lipinski definition) is 1. The van der Waals surface area contributed by atoms with Crippen LogP contribution in [0.4, 0.5) is 0 Å². The monoisotopic (exact) mass is 260 g/mol. The van der Waals surface area contributed by atoms with E-state index in [1.165, 1.54) is 24.3 Å². The summed E-state index contributed by atoms with van der Waals surface area (Å²) in [5.74, 6) is -0.485. The third-order valence-electron chi connectivity index (χ3n) is 2.49. The van der Waals surface area contributed by atoms with Crippen LogP contribution in [0.25, 0.3) is 11.0 Å². The van der Waals surface area contributed by atoms with Crippen molar-refractivity contribution in [3.63, 3.8) is 0 Å². The van der Waals surface area contributed by atoms with Crippen molar-refractivity contribution in [2.75, 3.05) is 0 Å². The summed E-state index contributed by atoms with van der Waals surface area (Å²) >= 11 is 0. The molecule has 5 heteroatoms. The van der Waals surface area contributed by atoms with E-state index in [2.05, 4.69) is 0 Å². The lowest BCUT2D eigenvalue weighted by molar-refractivity contribution is -0.138. The first-order chi connectivity index (χ1) is 9.10. The van der Waals surface area contributed by atoms with Crippen LogP contribution in [0, 0.1) is 0 Å². The third kappa shape index (κ3) is 3.01. The Morgan fingerprint density at radius 1 is 1.42 bits per heavy atom. The number of carbonyl (C=O) groups is 1. The second-order valence-corrected chi connectivity index (χ2v) is 3.88. The highest BCUT2D eigenvalue weighted by Gasteiger charge is 2.08. The molecule has 0 fully saturated rings. The number of aromatic hydroxyl groups is 1. The number of hydrogen-bond acceptors (Lipinski definition) is 5. The van der Waals surface area contributed by atoms with Crippen molar-refractivity contribution in [2.24, 2.45) is 0 Å². The SMILES string of the molecule is C/C=C/C(=O)OCc1cc(=O)oc2cc(O)ccc12. The molecule has 2 aromatic rings. The molecule has 19 heavy (non-hydrogen) atoms. The van der Waals surface area contributed by atoms with Crippen LogP contribution in [-0.4, -0.2) is 11.1 Å². The zero-order chi connectivity index (χ0) is 13.8. The number of ether oxygens (including phenoxy) is 1. The van der Waals surface area contributed by atoms with Crippen molar-refractivity contribution in [1.82, 2.24) is 0 Å². The van der Waals surface area contributed by atoms with Crippen LogP contribution < -0.4 is 5.63 Å². The molecular formula is C14H12O5. The second kappa shape index (κ2) is 5.39. The zero-order valence-electron chi connectivity index (χ0n) is 10.3. The largest absolute Gasteiger partial charge is 0.508 e. The highest BCUT2D eigenvalue weighted by atomic mass is 16.5. The van der Waals surface area contributed by atoms with Gasteiger partial charge in [0.25, 0.3) is 0 Å². The van der Waals surface area contributed by atoms with Crippen molar-refractivity contribution in [3.05, 3.63) is 52.4 Å². The summed E-state index contributed by atoms with van der Waals surface area (Å²) in [6.45, 7) is 1.67. The summed E-state index contributed by atoms with van der Waals surface area (Å²) in [5.41, 5.74) is 0.226. The van der Waals surface area contributed by atoms with Crippen LogP contribution in [0.3, 0.4) is 0 Å². The number of benzene rings is 1. The van der Waals surface area contributed by atoms with Gasteiger partial charge in [-0.05, 0) is 19.1 Å². The Morgan fingerprint density at radius 2 is 2.21 bits per heavy atom. The van der Waals surface area contributed by atoms with Gasteiger partial charge in [-0.1, -0.05) is 6.08 Å². The van der Waals surface area contributed by atoms with Crippen LogP contribution in [0.15, 0.2) is 45.6 Å². The van der Waals surface area contributed by atoms with Crippen molar-refractivity contribution in [3.8, 4) is 5.75 Å². The lowest BCUT2D eigenvalue weighted by Gasteiger charge is -2.05. The van der Waals surface area contributed by atoms with Crippen LogP contribution >= 0.6 is 0 Å². The predicted molar refractivity (Wildman–Crippen MR) is 68.8 cm³/mol. The second-order valence-electron chi connectivity index (χ2n) is 3.88. The molecule has 98 valence electrons. The molecule has 0 saturated heterocycles. The van der Waals surface area contributed by atoms with Gasteiger partial charge in [0.05, 0.1) is 0 Å². The molecule has 0 bridgehead atoms. The Balaban J connectivity index is 2.37. The number of rotatable bonds is 3. The van der Waals surface area contributed by atoms with Gasteiger partial charge >= 0.3 is 11.6 Å². The Hall–Kier alpha value is -2.56. The molecule has 0 radical (unpaired) electrons. The van der Waals surface area contributed by atoms with E-state index < -0.39 is 11.6 Å². The summed E-state index contributed by atoms with van der Waals surface area (Å²) in [7, 11) is 0. The van der Waals surface area contributed by atoms with Gasteiger partial charge in [-0.2, -0.15) is 0 Å². The Bertz CT molecular complexity index is 697. The molecule has 5 nitrogen and oxygen atoms in total. The first kappa shape index (κ1) is 12.9. The van der Waals surface area contributed by atoms with Gasteiger partial charge in [-0.3, -0.25) is 0 Å². The van der Waals surface area contributed by atoms with E-state index in [0.717, 1.165) is 0 Å². The molecule has 1 heterocycles. The first-order valence-electron chi connectivity index (χ1n) is 5.65. The Morgan fingerprint density at radius 3 is 2.95 bits per heavy atom. The summed E-state index contributed by atoms with van der Waals surface area (Å²) in [5, 5.41) is 9.96. The van der Waals surface area contributed by atoms with Crippen LogP contribution in [0.1, 0.15) is 12.5 Å². The summed E-state index contributed by atoms with van der Waals surface area (Å²) in [6, 6.07) is 5.68. The lowest BCUT2D eigenvalue weighted by Crippen LogP contribution is -2.05. The fourth-order valence-corrected chi connectivity index (χ4v) is 1.67. The molecule has 1 N–H and O–H groups in total. The maximum absolute atomic E-state index is 11.4. The molecule has 0 spiro atoms. The van der Waals surface area contributed by atoms with Crippen LogP contribution in [-0.2, 0) is 16.1 Å². The zero-order valence-corrected chi connectivity index (χ0v) is 10.3. The minimum absolute atomic E-state index is 0.00119. The number of fused-ring (bicyclic) bond motifs is 1. The average Bonchev–Trinajstić information content (AvgIpc) is 2.35. The van der Waals surface area contributed by atoms with E-state index in [1.54, 1.807) is 19.1 Å². The van der Waals surface area contributed by atoms with E-state index in [9.17, 15) is 14.7 Å². The molecular weight excluding hydrogens is 248 g/mol. The molecule has 0 atom stereocenters. The van der Waals surface area contributed by atoms with E-state index >= 15 is 0 Å². The minimum atomic E-state index is -0.560. The fourth-order valence-electron chi connectivity index (χ4n) is 1.67. The van der Waals surface area contributed by atoms with Crippen LogP contribution in [0.5, 0.6) is 5.75 Å². The quantitative estimate of drug-likeness (QED) is 0.519. The minimum Gasteiger partial charge on any atom is -0.508 e. The van der Waals surface area contributed by atoms with Gasteiger partial charge in [0.2, 0.25) is 0 Å². The molecule has 0 aliphatic carbocycles. The van der Waals surface area contributed by atoms with Gasteiger partial charge in [-0.15, -0.1) is 0 Å². The van der Waals surface area contributed by atoms with Gasteiger partial charge in [0.15, 0.2) is 0 Å². The number of phenols is 1. The van der Waals surface area contributed by atoms with E-state index in [1.807, 2.05) is 0 Å². The van der Waals surface area contributed by atoms with Gasteiger partial charge in [-0.25, -0.2) is 9.59 Å². The Labute approximate surface area is 108 Å². The molecule has 0 aliphatic rings. The standard InChI is InChI=1S/C14H12O5/c1-2-3-13(16)18-8-9-6-14(17)19-12-7-10(15)4-5-11(9)12/h2-7,15H,8H2,1H3/b3-2+. The van der Waals surface area contributed by atoms with E-state index in [-0.39, 0.29) is 17.9 Å². The maximum Gasteiger partial charge on any atom is 0.336 e. The molecule has 0 saturated carbocycles. The predicted octanol–water partition coefficient (Wildman–Crippen LogP) is 2.12. The highest BCUT2D eigenvalue weighted by molar-refractivity contribution is 5.83. The number of esters is 1. The van der Waals surface area contributed by atoms with Crippen molar-refractivity contribution >= 4 is 16.9 Å². The van der Waals surface area contributed by atoms with E-state index in [0.29, 0.717) is 10.9 Å². The van der Waals surface area contributed by atoms with Gasteiger partial charge in [0, 0.05) is 29.2 Å². The van der Waals surface area contributed by atoms with Crippen molar-refractivity contribution in [2.45, 2.75) is 13.5 Å². The maximum atomic E-state index is 11.4. The summed E-state index contributed by atoms with van der Waals surface area (Å²) < 4.78 is 9.96. The average molecular weight is 260 g/mol. The van der Waals surface area contributed by atoms with Crippen LogP contribution in [0.2, 0.25) is 0 Å². The van der Waals surface area contributed by atoms with Gasteiger partial charge < -0.3 is 14.3 Å². The third-order valence-corrected chi connectivity index (χ3v) is 2.49. The molecule has 2 rings (SSSR count). The number of phenolic OH excluding ortho intramolecular Hbond substituents is 1. The van der Waals surface area contributed by atoms with E-state index in [4.69, 9.17) is 9.15 Å². The molecule has 0 amide bonds. The molecule has 1 aromatic heterocycles. The van der Waals surface area contributed by atoms with Crippen molar-refractivity contribution in [1.29, 1.82) is 0 Å². The first-order valence-corrected chi connectivity index (χ1v) is 5.65. The number of allylic oxidation sites excluding steroid dienone is 1. The Kier molecular flexibility index (Phi) is 3.66. The topological polar surface area (TPSA) is 76.7 Å². The smallest absolute Gasteiger partial charge is 0.336 e. The summed E-state index contributed by atoms with van der Waals surface area (Å²) in [4.78, 5) is 22.6. The number of carbonyl (C=O) groups excluding carboxylic acids is 1. The molecule has 1 aromatic carbocycles. The lowest BCUT2D eigenvalue weighted by atomic mass is 10.1. The fraction of sp³-hybridized carbons (Fsp3) is 0.143. The van der Waals surface area contributed by atoms with Gasteiger partial charge in [0.1, 0.15) is 17.9 Å². The molecule has 0 unspecified atom stereocenters.